The summed E-state index contributed by atoms with van der Waals surface area (Å²) in [5, 5.41) is 4.26. The summed E-state index contributed by atoms with van der Waals surface area (Å²) < 4.78 is 1.03. The van der Waals surface area contributed by atoms with Crippen molar-refractivity contribution in [2.45, 2.75) is 32.9 Å². The van der Waals surface area contributed by atoms with Gasteiger partial charge >= 0.3 is 0 Å². The second-order valence-corrected chi connectivity index (χ2v) is 7.04. The molecule has 0 aliphatic carbocycles. The van der Waals surface area contributed by atoms with Crippen molar-refractivity contribution >= 4 is 27.5 Å². The van der Waals surface area contributed by atoms with Gasteiger partial charge in [0.2, 0.25) is 0 Å². The summed E-state index contributed by atoms with van der Waals surface area (Å²) >= 11 is 9.50. The molecule has 0 spiro atoms. The molecule has 0 aromatic heterocycles. The first kappa shape index (κ1) is 16.0. The minimum absolute atomic E-state index is 0.180. The fourth-order valence-corrected chi connectivity index (χ4v) is 2.64. The molecule has 0 atom stereocenters. The van der Waals surface area contributed by atoms with Crippen LogP contribution in [-0.2, 0) is 6.54 Å². The Bertz CT molecular complexity index is 368. The number of hydrogen-bond acceptors (Lipinski definition) is 2. The van der Waals surface area contributed by atoms with E-state index in [2.05, 4.69) is 60.0 Å². The van der Waals surface area contributed by atoms with Crippen LogP contribution in [0.1, 0.15) is 26.3 Å². The van der Waals surface area contributed by atoms with Crippen molar-refractivity contribution in [2.24, 2.45) is 0 Å². The Morgan fingerprint density at radius 1 is 1.28 bits per heavy atom. The van der Waals surface area contributed by atoms with E-state index in [0.29, 0.717) is 0 Å². The Labute approximate surface area is 124 Å². The molecule has 0 aliphatic heterocycles. The normalized spacial score (nSPS) is 12.2. The summed E-state index contributed by atoms with van der Waals surface area (Å²) in [7, 11) is 2.12. The lowest BCUT2D eigenvalue weighted by atomic mass is 10.1. The molecule has 0 heterocycles. The summed E-state index contributed by atoms with van der Waals surface area (Å²) in [4.78, 5) is 2.29. The zero-order valence-electron chi connectivity index (χ0n) is 11.6. The molecule has 0 bridgehead atoms. The molecule has 18 heavy (non-hydrogen) atoms. The zero-order chi connectivity index (χ0) is 13.8. The molecule has 0 radical (unpaired) electrons. The third-order valence-corrected chi connectivity index (χ3v) is 3.20. The van der Waals surface area contributed by atoms with Crippen molar-refractivity contribution in [3.63, 3.8) is 0 Å². The van der Waals surface area contributed by atoms with Gasteiger partial charge in [-0.3, -0.25) is 0 Å². The lowest BCUT2D eigenvalue weighted by Gasteiger charge is -2.23. The average molecular weight is 334 g/mol. The second-order valence-electron chi connectivity index (χ2n) is 5.69. The largest absolute Gasteiger partial charge is 0.311 e. The number of nitrogens with zero attached hydrogens (tertiary/aromatic N) is 1. The topological polar surface area (TPSA) is 15.3 Å². The van der Waals surface area contributed by atoms with Gasteiger partial charge in [0.1, 0.15) is 0 Å². The Morgan fingerprint density at radius 2 is 1.94 bits per heavy atom. The lowest BCUT2D eigenvalue weighted by Crippen LogP contribution is -2.40. The molecule has 1 rings (SSSR count). The molecule has 0 saturated carbocycles. The van der Waals surface area contributed by atoms with Crippen LogP contribution in [0, 0.1) is 0 Å². The predicted octanol–water partition coefficient (Wildman–Crippen LogP) is 3.92. The van der Waals surface area contributed by atoms with E-state index in [9.17, 15) is 0 Å². The van der Waals surface area contributed by atoms with Gasteiger partial charge in [-0.2, -0.15) is 0 Å². The minimum Gasteiger partial charge on any atom is -0.311 e. The van der Waals surface area contributed by atoms with Gasteiger partial charge in [0.15, 0.2) is 0 Å². The van der Waals surface area contributed by atoms with Crippen LogP contribution in [0.3, 0.4) is 0 Å². The summed E-state index contributed by atoms with van der Waals surface area (Å²) in [5.74, 6) is 0. The number of rotatable bonds is 5. The van der Waals surface area contributed by atoms with Gasteiger partial charge in [-0.05, 0) is 51.6 Å². The minimum atomic E-state index is 0.180. The highest BCUT2D eigenvalue weighted by Crippen LogP contribution is 2.20. The summed E-state index contributed by atoms with van der Waals surface area (Å²) in [5.41, 5.74) is 1.41. The van der Waals surface area contributed by atoms with Gasteiger partial charge in [-0.15, -0.1) is 0 Å². The van der Waals surface area contributed by atoms with Crippen molar-refractivity contribution in [3.8, 4) is 0 Å². The van der Waals surface area contributed by atoms with Crippen molar-refractivity contribution in [1.82, 2.24) is 10.2 Å². The van der Waals surface area contributed by atoms with Crippen molar-refractivity contribution in [1.29, 1.82) is 0 Å². The van der Waals surface area contributed by atoms with E-state index in [0.717, 1.165) is 29.1 Å². The number of likely N-dealkylation sites (N-methyl/N-ethyl adjacent to an activating group) is 1. The first-order valence-electron chi connectivity index (χ1n) is 6.15. The average Bonchev–Trinajstić information content (AvgIpc) is 2.12. The molecule has 102 valence electrons. The van der Waals surface area contributed by atoms with E-state index in [1.54, 1.807) is 0 Å². The first-order chi connectivity index (χ1) is 8.26. The highest BCUT2D eigenvalue weighted by Gasteiger charge is 2.09. The maximum atomic E-state index is 6.04. The van der Waals surface area contributed by atoms with Crippen molar-refractivity contribution < 1.29 is 0 Å². The number of nitrogens with one attached hydrogen (secondary N) is 1. The molecule has 0 amide bonds. The van der Waals surface area contributed by atoms with Gasteiger partial charge in [0, 0.05) is 34.7 Å². The first-order valence-corrected chi connectivity index (χ1v) is 7.32. The van der Waals surface area contributed by atoms with E-state index < -0.39 is 0 Å². The Kier molecular flexibility index (Phi) is 6.12. The number of halogens is 2. The van der Waals surface area contributed by atoms with E-state index in [4.69, 9.17) is 11.6 Å². The van der Waals surface area contributed by atoms with Crippen LogP contribution >= 0.6 is 27.5 Å². The number of hydrogen-bond donors (Lipinski definition) is 1. The van der Waals surface area contributed by atoms with E-state index in [1.807, 2.05) is 12.1 Å². The maximum Gasteiger partial charge on any atom is 0.0420 e. The summed E-state index contributed by atoms with van der Waals surface area (Å²) in [6.45, 7) is 9.46. The monoisotopic (exact) mass is 332 g/mol. The highest BCUT2D eigenvalue weighted by atomic mass is 79.9. The Balaban J connectivity index is 2.42. The molecule has 0 aliphatic rings. The second kappa shape index (κ2) is 6.90. The quantitative estimate of drug-likeness (QED) is 0.878. The van der Waals surface area contributed by atoms with E-state index >= 15 is 0 Å². The Hall–Kier alpha value is -0.0900. The van der Waals surface area contributed by atoms with Gasteiger partial charge in [0.25, 0.3) is 0 Å². The Morgan fingerprint density at radius 3 is 2.50 bits per heavy atom. The standard InChI is InChI=1S/C14H22BrClN2/c1-14(2,3)17-5-6-18(4)10-11-7-12(15)9-13(16)8-11/h7-9,17H,5-6,10H2,1-4H3. The third-order valence-electron chi connectivity index (χ3n) is 2.52. The molecule has 0 saturated heterocycles. The van der Waals surface area contributed by atoms with Crippen LogP contribution in [0.5, 0.6) is 0 Å². The fraction of sp³-hybridized carbons (Fsp3) is 0.571. The zero-order valence-corrected chi connectivity index (χ0v) is 13.9. The smallest absolute Gasteiger partial charge is 0.0420 e. The van der Waals surface area contributed by atoms with Crippen molar-refractivity contribution in [3.05, 3.63) is 33.3 Å². The van der Waals surface area contributed by atoms with Crippen LogP contribution in [0.25, 0.3) is 0 Å². The van der Waals surface area contributed by atoms with Gasteiger partial charge in [-0.25, -0.2) is 0 Å². The highest BCUT2D eigenvalue weighted by molar-refractivity contribution is 9.10. The molecular weight excluding hydrogens is 312 g/mol. The van der Waals surface area contributed by atoms with Crippen LogP contribution < -0.4 is 5.32 Å². The van der Waals surface area contributed by atoms with Gasteiger partial charge < -0.3 is 10.2 Å². The molecule has 0 unspecified atom stereocenters. The summed E-state index contributed by atoms with van der Waals surface area (Å²) in [6, 6.07) is 6.03. The van der Waals surface area contributed by atoms with E-state index in [-0.39, 0.29) is 5.54 Å². The third kappa shape index (κ3) is 6.74. The van der Waals surface area contributed by atoms with Crippen molar-refractivity contribution in [2.75, 3.05) is 20.1 Å². The molecule has 0 fully saturated rings. The molecule has 1 aromatic rings. The van der Waals surface area contributed by atoms with Crippen LogP contribution in [0.2, 0.25) is 5.02 Å². The van der Waals surface area contributed by atoms with E-state index in [1.165, 1.54) is 5.56 Å². The molecule has 1 aromatic carbocycles. The SMILES string of the molecule is CN(CCNC(C)(C)C)Cc1cc(Cl)cc(Br)c1. The molecule has 1 N–H and O–H groups in total. The summed E-state index contributed by atoms with van der Waals surface area (Å²) in [6.07, 6.45) is 0. The predicted molar refractivity (Wildman–Crippen MR) is 83.2 cm³/mol. The van der Waals surface area contributed by atoms with Crippen LogP contribution in [0.4, 0.5) is 0 Å². The number of benzene rings is 1. The molecular formula is C14H22BrClN2. The molecule has 2 nitrogen and oxygen atoms in total. The lowest BCUT2D eigenvalue weighted by molar-refractivity contribution is 0.303. The van der Waals surface area contributed by atoms with Gasteiger partial charge in [-0.1, -0.05) is 27.5 Å². The maximum absolute atomic E-state index is 6.04. The fourth-order valence-electron chi connectivity index (χ4n) is 1.71. The van der Waals surface area contributed by atoms with Gasteiger partial charge in [0.05, 0.1) is 0 Å². The van der Waals surface area contributed by atoms with Crippen LogP contribution in [0.15, 0.2) is 22.7 Å². The molecule has 4 heteroatoms. The van der Waals surface area contributed by atoms with Crippen LogP contribution in [-0.4, -0.2) is 30.6 Å².